The SMILES string of the molecule is CC(=O)Nc1ccc(N2C(=O)C(=O)/C(=C(\O)c3ccc4c(c3)N(C)CCO4)C2c2ccncc2)cc1. The summed E-state index contributed by atoms with van der Waals surface area (Å²) in [5.74, 6) is -1.35. The van der Waals surface area contributed by atoms with Gasteiger partial charge in [-0.2, -0.15) is 0 Å². The van der Waals surface area contributed by atoms with Gasteiger partial charge in [-0.15, -0.1) is 0 Å². The molecule has 0 aliphatic carbocycles. The normalized spacial score (nSPS) is 18.6. The van der Waals surface area contributed by atoms with Crippen molar-refractivity contribution >= 4 is 40.4 Å². The minimum Gasteiger partial charge on any atom is -0.507 e. The molecular weight excluding hydrogens is 460 g/mol. The highest BCUT2D eigenvalue weighted by molar-refractivity contribution is 6.51. The number of benzene rings is 2. The molecule has 2 aliphatic heterocycles. The number of aliphatic hydroxyl groups excluding tert-OH is 1. The first-order chi connectivity index (χ1) is 17.3. The van der Waals surface area contributed by atoms with Gasteiger partial charge < -0.3 is 20.1 Å². The van der Waals surface area contributed by atoms with Gasteiger partial charge in [-0.25, -0.2) is 0 Å². The predicted octanol–water partition coefficient (Wildman–Crippen LogP) is 3.49. The van der Waals surface area contributed by atoms with Crippen molar-refractivity contribution in [3.05, 3.63) is 83.7 Å². The molecule has 0 saturated carbocycles. The first-order valence-corrected chi connectivity index (χ1v) is 11.4. The summed E-state index contributed by atoms with van der Waals surface area (Å²) in [5, 5.41) is 14.1. The van der Waals surface area contributed by atoms with Crippen LogP contribution in [0.5, 0.6) is 5.75 Å². The zero-order chi connectivity index (χ0) is 25.4. The molecule has 1 fully saturated rings. The largest absolute Gasteiger partial charge is 0.507 e. The Balaban J connectivity index is 1.63. The van der Waals surface area contributed by atoms with E-state index in [2.05, 4.69) is 10.3 Å². The third-order valence-corrected chi connectivity index (χ3v) is 6.26. The molecule has 9 heteroatoms. The van der Waals surface area contributed by atoms with Crippen molar-refractivity contribution in [2.75, 3.05) is 35.3 Å². The Labute approximate surface area is 207 Å². The Kier molecular flexibility index (Phi) is 5.89. The number of aliphatic hydroxyl groups is 1. The van der Waals surface area contributed by atoms with E-state index in [0.717, 1.165) is 5.69 Å². The minimum atomic E-state index is -0.871. The van der Waals surface area contributed by atoms with E-state index in [1.807, 2.05) is 11.9 Å². The highest BCUT2D eigenvalue weighted by Gasteiger charge is 2.47. The molecule has 0 spiro atoms. The van der Waals surface area contributed by atoms with Gasteiger partial charge >= 0.3 is 0 Å². The van der Waals surface area contributed by atoms with Gasteiger partial charge in [0, 0.05) is 43.3 Å². The summed E-state index contributed by atoms with van der Waals surface area (Å²) in [7, 11) is 1.92. The lowest BCUT2D eigenvalue weighted by Crippen LogP contribution is -2.29. The number of carbonyl (C=O) groups excluding carboxylic acids is 3. The number of anilines is 3. The number of hydrogen-bond acceptors (Lipinski definition) is 7. The Bertz CT molecular complexity index is 1390. The third-order valence-electron chi connectivity index (χ3n) is 6.26. The number of Topliss-reactive ketones (excluding diaryl/α,β-unsaturated/α-hetero) is 1. The fourth-order valence-corrected chi connectivity index (χ4v) is 4.52. The van der Waals surface area contributed by atoms with Crippen molar-refractivity contribution in [2.45, 2.75) is 13.0 Å². The van der Waals surface area contributed by atoms with Crippen LogP contribution in [-0.4, -0.2) is 47.9 Å². The van der Waals surface area contributed by atoms with Crippen LogP contribution in [0.25, 0.3) is 5.76 Å². The molecule has 9 nitrogen and oxygen atoms in total. The van der Waals surface area contributed by atoms with Crippen LogP contribution in [-0.2, 0) is 14.4 Å². The maximum Gasteiger partial charge on any atom is 0.300 e. The number of hydrogen-bond donors (Lipinski definition) is 2. The van der Waals surface area contributed by atoms with Crippen LogP contribution in [0.3, 0.4) is 0 Å². The van der Waals surface area contributed by atoms with Gasteiger partial charge in [-0.3, -0.25) is 24.3 Å². The Morgan fingerprint density at radius 2 is 1.81 bits per heavy atom. The van der Waals surface area contributed by atoms with Gasteiger partial charge in [0.1, 0.15) is 18.1 Å². The maximum absolute atomic E-state index is 13.3. The number of rotatable bonds is 4. The van der Waals surface area contributed by atoms with Gasteiger partial charge in [0.15, 0.2) is 0 Å². The number of likely N-dealkylation sites (N-methyl/N-ethyl adjacent to an activating group) is 1. The molecule has 3 heterocycles. The number of aromatic nitrogens is 1. The first-order valence-electron chi connectivity index (χ1n) is 11.4. The van der Waals surface area contributed by atoms with Crippen LogP contribution < -0.4 is 19.9 Å². The van der Waals surface area contributed by atoms with E-state index >= 15 is 0 Å². The summed E-state index contributed by atoms with van der Waals surface area (Å²) in [6, 6.07) is 14.3. The minimum absolute atomic E-state index is 0.0172. The Morgan fingerprint density at radius 1 is 1.08 bits per heavy atom. The van der Waals surface area contributed by atoms with E-state index in [-0.39, 0.29) is 17.2 Å². The third kappa shape index (κ3) is 4.04. The maximum atomic E-state index is 13.3. The summed E-state index contributed by atoms with van der Waals surface area (Å²) < 4.78 is 5.69. The summed E-state index contributed by atoms with van der Waals surface area (Å²) in [5.41, 5.74) is 2.80. The van der Waals surface area contributed by atoms with Crippen molar-refractivity contribution in [1.29, 1.82) is 0 Å². The highest BCUT2D eigenvalue weighted by atomic mass is 16.5. The van der Waals surface area contributed by atoms with Gasteiger partial charge in [0.25, 0.3) is 11.7 Å². The van der Waals surface area contributed by atoms with E-state index in [0.29, 0.717) is 41.4 Å². The molecule has 2 amide bonds. The second-order valence-electron chi connectivity index (χ2n) is 8.63. The average molecular weight is 485 g/mol. The molecule has 36 heavy (non-hydrogen) atoms. The quantitative estimate of drug-likeness (QED) is 0.331. The second-order valence-corrected chi connectivity index (χ2v) is 8.63. The van der Waals surface area contributed by atoms with Gasteiger partial charge in [0.05, 0.1) is 23.8 Å². The number of pyridine rings is 1. The number of ether oxygens (including phenoxy) is 1. The number of nitrogens with one attached hydrogen (secondary N) is 1. The van der Waals surface area contributed by atoms with Crippen LogP contribution in [0.1, 0.15) is 24.1 Å². The summed E-state index contributed by atoms with van der Waals surface area (Å²) in [6.07, 6.45) is 3.14. The molecule has 0 radical (unpaired) electrons. The van der Waals surface area contributed by atoms with E-state index in [4.69, 9.17) is 4.74 Å². The van der Waals surface area contributed by atoms with Crippen LogP contribution in [0.2, 0.25) is 0 Å². The monoisotopic (exact) mass is 484 g/mol. The molecule has 2 aromatic carbocycles. The van der Waals surface area contributed by atoms with Crippen LogP contribution >= 0.6 is 0 Å². The smallest absolute Gasteiger partial charge is 0.300 e. The molecule has 2 N–H and O–H groups in total. The zero-order valence-corrected chi connectivity index (χ0v) is 19.8. The fourth-order valence-electron chi connectivity index (χ4n) is 4.52. The standard InChI is InChI=1S/C27H24N4O5/c1-16(32)29-19-4-6-20(7-5-19)31-24(17-9-11-28-12-10-17)23(26(34)27(31)35)25(33)18-3-8-22-21(15-18)30(2)13-14-36-22/h3-12,15,24,33H,13-14H2,1-2H3,(H,29,32)/b25-23-. The molecule has 3 aromatic rings. The fraction of sp³-hybridized carbons (Fsp3) is 0.185. The van der Waals surface area contributed by atoms with E-state index in [1.54, 1.807) is 67.0 Å². The Morgan fingerprint density at radius 3 is 2.50 bits per heavy atom. The van der Waals surface area contributed by atoms with Crippen molar-refractivity contribution in [3.63, 3.8) is 0 Å². The van der Waals surface area contributed by atoms with Crippen LogP contribution in [0.4, 0.5) is 17.1 Å². The predicted molar refractivity (Wildman–Crippen MR) is 135 cm³/mol. The molecule has 1 saturated heterocycles. The summed E-state index contributed by atoms with van der Waals surface area (Å²) in [6.45, 7) is 2.65. The van der Waals surface area contributed by atoms with Crippen molar-refractivity contribution in [1.82, 2.24) is 4.98 Å². The molecule has 0 bridgehead atoms. The zero-order valence-electron chi connectivity index (χ0n) is 19.8. The molecule has 1 aromatic heterocycles. The Hall–Kier alpha value is -4.66. The lowest BCUT2D eigenvalue weighted by Gasteiger charge is -2.28. The highest BCUT2D eigenvalue weighted by Crippen LogP contribution is 2.43. The molecular formula is C27H24N4O5. The summed E-state index contributed by atoms with van der Waals surface area (Å²) in [4.78, 5) is 45.4. The van der Waals surface area contributed by atoms with Gasteiger partial charge in [-0.1, -0.05) is 0 Å². The number of carbonyl (C=O) groups is 3. The second kappa shape index (κ2) is 9.18. The lowest BCUT2D eigenvalue weighted by atomic mass is 9.95. The van der Waals surface area contributed by atoms with E-state index in [9.17, 15) is 19.5 Å². The van der Waals surface area contributed by atoms with Crippen LogP contribution in [0.15, 0.2) is 72.6 Å². The van der Waals surface area contributed by atoms with Crippen molar-refractivity contribution in [3.8, 4) is 5.75 Å². The number of ketones is 1. The number of nitrogens with zero attached hydrogens (tertiary/aromatic N) is 3. The van der Waals surface area contributed by atoms with Crippen molar-refractivity contribution in [2.24, 2.45) is 0 Å². The molecule has 1 unspecified atom stereocenters. The molecule has 182 valence electrons. The first kappa shape index (κ1) is 23.1. The number of fused-ring (bicyclic) bond motifs is 1. The average Bonchev–Trinajstić information content (AvgIpc) is 3.14. The van der Waals surface area contributed by atoms with Crippen molar-refractivity contribution < 1.29 is 24.2 Å². The van der Waals surface area contributed by atoms with Gasteiger partial charge in [0.2, 0.25) is 5.91 Å². The van der Waals surface area contributed by atoms with Crippen LogP contribution in [0, 0.1) is 0 Å². The van der Waals surface area contributed by atoms with E-state index in [1.165, 1.54) is 11.8 Å². The molecule has 2 aliphatic rings. The summed E-state index contributed by atoms with van der Waals surface area (Å²) >= 11 is 0. The molecule has 5 rings (SSSR count). The lowest BCUT2D eigenvalue weighted by molar-refractivity contribution is -0.132. The topological polar surface area (TPSA) is 112 Å². The molecule has 1 atom stereocenters. The van der Waals surface area contributed by atoms with E-state index < -0.39 is 17.7 Å². The number of amides is 2. The van der Waals surface area contributed by atoms with Gasteiger partial charge in [-0.05, 0) is 60.2 Å².